The number of aromatic nitrogens is 3. The summed E-state index contributed by atoms with van der Waals surface area (Å²) in [5.41, 5.74) is 0. The van der Waals surface area contributed by atoms with Crippen molar-refractivity contribution in [3.8, 4) is 0 Å². The van der Waals surface area contributed by atoms with Crippen molar-refractivity contribution in [2.75, 3.05) is 38.3 Å². The van der Waals surface area contributed by atoms with Crippen LogP contribution in [0.15, 0.2) is 0 Å². The van der Waals surface area contributed by atoms with E-state index in [4.69, 9.17) is 0 Å². The fourth-order valence-electron chi connectivity index (χ4n) is 2.26. The molecule has 2 heterocycles. The highest BCUT2D eigenvalue weighted by molar-refractivity contribution is 5.29. The Bertz CT molecular complexity index is 429. The first-order valence-electron chi connectivity index (χ1n) is 6.96. The van der Waals surface area contributed by atoms with Crippen molar-refractivity contribution in [1.29, 1.82) is 0 Å². The normalized spacial score (nSPS) is 17.4. The Balaban J connectivity index is 1.74. The zero-order chi connectivity index (χ0) is 15.3. The number of anilines is 1. The van der Waals surface area contributed by atoms with Crippen molar-refractivity contribution < 1.29 is 17.9 Å². The predicted octanol–water partition coefficient (Wildman–Crippen LogP) is 1.11. The molecule has 0 aliphatic carbocycles. The van der Waals surface area contributed by atoms with Gasteiger partial charge in [-0.05, 0) is 19.9 Å². The van der Waals surface area contributed by atoms with Gasteiger partial charge in [-0.1, -0.05) is 0 Å². The van der Waals surface area contributed by atoms with E-state index in [-0.39, 0.29) is 13.0 Å². The van der Waals surface area contributed by atoms with Crippen LogP contribution in [0.1, 0.15) is 18.7 Å². The van der Waals surface area contributed by atoms with Crippen LogP contribution in [0.25, 0.3) is 0 Å². The largest absolute Gasteiger partial charge is 0.411 e. The van der Waals surface area contributed by atoms with Gasteiger partial charge in [-0.2, -0.15) is 18.2 Å². The maximum absolute atomic E-state index is 11.9. The van der Waals surface area contributed by atoms with Crippen molar-refractivity contribution >= 4 is 5.95 Å². The third-order valence-electron chi connectivity index (χ3n) is 3.45. The van der Waals surface area contributed by atoms with Gasteiger partial charge in [0.15, 0.2) is 0 Å². The summed E-state index contributed by atoms with van der Waals surface area (Å²) in [6.45, 7) is 0.474. The first-order chi connectivity index (χ1) is 9.98. The molecule has 21 heavy (non-hydrogen) atoms. The fraction of sp³-hybridized carbons (Fsp3) is 0.833. The van der Waals surface area contributed by atoms with Crippen molar-refractivity contribution in [3.63, 3.8) is 0 Å². The topological polar surface area (TPSA) is 66.1 Å². The van der Waals surface area contributed by atoms with Crippen molar-refractivity contribution in [3.05, 3.63) is 5.82 Å². The molecule has 0 unspecified atom stereocenters. The van der Waals surface area contributed by atoms with Gasteiger partial charge in [0.25, 0.3) is 0 Å². The summed E-state index contributed by atoms with van der Waals surface area (Å²) >= 11 is 0. The standard InChI is InChI=1S/C12H20F3N5O/c1-16-9-2-5-20(6-3-9)11-17-10(18-19-11)4-7-21-8-12(13,14)15/h9,16H,2-8H2,1H3,(H,17,18,19). The quantitative estimate of drug-likeness (QED) is 0.771. The molecule has 1 aliphatic rings. The molecule has 1 aliphatic heterocycles. The second-order valence-electron chi connectivity index (χ2n) is 5.05. The van der Waals surface area contributed by atoms with Crippen molar-refractivity contribution in [1.82, 2.24) is 20.5 Å². The minimum atomic E-state index is -4.29. The van der Waals surface area contributed by atoms with Crippen LogP contribution in [-0.4, -0.2) is 60.8 Å². The van der Waals surface area contributed by atoms with Gasteiger partial charge in [0.2, 0.25) is 5.95 Å². The Morgan fingerprint density at radius 1 is 1.38 bits per heavy atom. The lowest BCUT2D eigenvalue weighted by molar-refractivity contribution is -0.173. The smallest absolute Gasteiger partial charge is 0.372 e. The number of nitrogens with one attached hydrogen (secondary N) is 2. The Morgan fingerprint density at radius 3 is 2.71 bits per heavy atom. The summed E-state index contributed by atoms with van der Waals surface area (Å²) in [5, 5.41) is 10.1. The number of rotatable bonds is 6. The highest BCUT2D eigenvalue weighted by atomic mass is 19.4. The molecule has 0 bridgehead atoms. The number of H-pyrrole nitrogens is 1. The number of hydrogen-bond donors (Lipinski definition) is 2. The van der Waals surface area contributed by atoms with Crippen molar-refractivity contribution in [2.45, 2.75) is 31.5 Å². The molecule has 0 aromatic carbocycles. The molecule has 120 valence electrons. The molecule has 0 spiro atoms. The maximum Gasteiger partial charge on any atom is 0.411 e. The molecule has 2 N–H and O–H groups in total. The van der Waals surface area contributed by atoms with Crippen LogP contribution in [0.2, 0.25) is 0 Å². The molecule has 1 saturated heterocycles. The summed E-state index contributed by atoms with van der Waals surface area (Å²) < 4.78 is 40.3. The minimum absolute atomic E-state index is 0.0318. The minimum Gasteiger partial charge on any atom is -0.372 e. The van der Waals surface area contributed by atoms with E-state index in [1.165, 1.54) is 0 Å². The monoisotopic (exact) mass is 307 g/mol. The van der Waals surface area contributed by atoms with Crippen LogP contribution in [0.5, 0.6) is 0 Å². The summed E-state index contributed by atoms with van der Waals surface area (Å²) in [5.74, 6) is 1.15. The molecule has 6 nitrogen and oxygen atoms in total. The Hall–Kier alpha value is -1.35. The predicted molar refractivity (Wildman–Crippen MR) is 71.3 cm³/mol. The number of aromatic amines is 1. The van der Waals surface area contributed by atoms with E-state index in [9.17, 15) is 13.2 Å². The van der Waals surface area contributed by atoms with E-state index in [1.54, 1.807) is 0 Å². The van der Waals surface area contributed by atoms with Gasteiger partial charge >= 0.3 is 6.18 Å². The first kappa shape index (κ1) is 16.0. The molecule has 0 radical (unpaired) electrons. The molecular weight excluding hydrogens is 287 g/mol. The van der Waals surface area contributed by atoms with E-state index in [2.05, 4.69) is 30.1 Å². The third-order valence-corrected chi connectivity index (χ3v) is 3.45. The number of halogens is 3. The van der Waals surface area contributed by atoms with Crippen LogP contribution in [0.4, 0.5) is 19.1 Å². The highest BCUT2D eigenvalue weighted by Crippen LogP contribution is 2.16. The zero-order valence-corrected chi connectivity index (χ0v) is 11.9. The van der Waals surface area contributed by atoms with Gasteiger partial charge < -0.3 is 15.0 Å². The Kier molecular flexibility index (Phi) is 5.40. The molecule has 0 saturated carbocycles. The number of ether oxygens (including phenoxy) is 1. The lowest BCUT2D eigenvalue weighted by atomic mass is 10.1. The number of piperidine rings is 1. The second kappa shape index (κ2) is 7.08. The van der Waals surface area contributed by atoms with Crippen LogP contribution in [0, 0.1) is 0 Å². The van der Waals surface area contributed by atoms with Gasteiger partial charge in [-0.15, -0.1) is 5.10 Å². The third kappa shape index (κ3) is 5.16. The van der Waals surface area contributed by atoms with Crippen LogP contribution < -0.4 is 10.2 Å². The molecule has 9 heteroatoms. The summed E-state index contributed by atoms with van der Waals surface area (Å²) in [7, 11) is 1.95. The zero-order valence-electron chi connectivity index (χ0n) is 11.9. The number of hydrogen-bond acceptors (Lipinski definition) is 5. The Labute approximate surface area is 121 Å². The average Bonchev–Trinajstić information content (AvgIpc) is 2.91. The summed E-state index contributed by atoms with van der Waals surface area (Å²) in [6, 6.07) is 0.524. The highest BCUT2D eigenvalue weighted by Gasteiger charge is 2.27. The number of alkyl halides is 3. The molecule has 2 rings (SSSR count). The molecule has 0 atom stereocenters. The lowest BCUT2D eigenvalue weighted by Gasteiger charge is -2.30. The van der Waals surface area contributed by atoms with Crippen LogP contribution >= 0.6 is 0 Å². The van der Waals surface area contributed by atoms with Gasteiger partial charge in [-0.25, -0.2) is 0 Å². The Morgan fingerprint density at radius 2 is 2.10 bits per heavy atom. The first-order valence-corrected chi connectivity index (χ1v) is 6.96. The molecule has 0 amide bonds. The molecule has 1 aromatic heterocycles. The maximum atomic E-state index is 11.9. The van der Waals surface area contributed by atoms with Gasteiger partial charge in [-0.3, -0.25) is 5.10 Å². The lowest BCUT2D eigenvalue weighted by Crippen LogP contribution is -2.41. The summed E-state index contributed by atoms with van der Waals surface area (Å²) in [4.78, 5) is 6.37. The van der Waals surface area contributed by atoms with E-state index in [1.807, 2.05) is 7.05 Å². The van der Waals surface area contributed by atoms with Gasteiger partial charge in [0, 0.05) is 25.6 Å². The van der Waals surface area contributed by atoms with Gasteiger partial charge in [0.1, 0.15) is 12.4 Å². The second-order valence-corrected chi connectivity index (χ2v) is 5.05. The molecule has 1 fully saturated rings. The van der Waals surface area contributed by atoms with Crippen LogP contribution in [-0.2, 0) is 11.2 Å². The van der Waals surface area contributed by atoms with E-state index in [0.29, 0.717) is 17.8 Å². The SMILES string of the molecule is CNC1CCN(c2n[nH]c(CCOCC(F)(F)F)n2)CC1. The number of nitrogens with zero attached hydrogens (tertiary/aromatic N) is 3. The molecular formula is C12H20F3N5O. The van der Waals surface area contributed by atoms with Gasteiger partial charge in [0.05, 0.1) is 6.61 Å². The van der Waals surface area contributed by atoms with Crippen molar-refractivity contribution in [2.24, 2.45) is 0 Å². The average molecular weight is 307 g/mol. The van der Waals surface area contributed by atoms with E-state index < -0.39 is 12.8 Å². The summed E-state index contributed by atoms with van der Waals surface area (Å²) in [6.07, 6.45) is -1.95. The van der Waals surface area contributed by atoms with E-state index in [0.717, 1.165) is 25.9 Å². The fourth-order valence-corrected chi connectivity index (χ4v) is 2.26. The molecule has 1 aromatic rings. The van der Waals surface area contributed by atoms with E-state index >= 15 is 0 Å². The van der Waals surface area contributed by atoms with Crippen LogP contribution in [0.3, 0.4) is 0 Å².